The summed E-state index contributed by atoms with van der Waals surface area (Å²) in [7, 11) is -3.87. The molecule has 0 aliphatic rings. The third-order valence-corrected chi connectivity index (χ3v) is 3.53. The van der Waals surface area contributed by atoms with Gasteiger partial charge in [-0.2, -0.15) is 0 Å². The molecule has 1 rings (SSSR count). The first-order valence-corrected chi connectivity index (χ1v) is 6.45. The van der Waals surface area contributed by atoms with Gasteiger partial charge >= 0.3 is 0 Å². The Balaban J connectivity index is 2.82. The first-order valence-electron chi connectivity index (χ1n) is 4.56. The molecule has 1 aromatic rings. The summed E-state index contributed by atoms with van der Waals surface area (Å²) < 4.78 is 50.8. The summed E-state index contributed by atoms with van der Waals surface area (Å²) in [6.07, 6.45) is 0.193. The fourth-order valence-corrected chi connectivity index (χ4v) is 2.18. The number of thiocarbonyl (C=S) groups is 1. The maximum atomic E-state index is 12.9. The number of hydrogen-bond donors (Lipinski definition) is 2. The lowest BCUT2D eigenvalue weighted by atomic mass is 10.3. The Labute approximate surface area is 103 Å². The van der Waals surface area contributed by atoms with Gasteiger partial charge in [0.15, 0.2) is 11.6 Å². The predicted octanol–water partition coefficient (Wildman–Crippen LogP) is 0.919. The SMILES string of the molecule is NC(=S)CCNS(=O)(=O)c1ccc(F)c(F)c1. The van der Waals surface area contributed by atoms with Gasteiger partial charge in [-0.25, -0.2) is 21.9 Å². The molecular weight excluding hydrogens is 270 g/mol. The molecule has 0 aliphatic heterocycles. The quantitative estimate of drug-likeness (QED) is 0.787. The monoisotopic (exact) mass is 280 g/mol. The number of benzene rings is 1. The zero-order valence-corrected chi connectivity index (χ0v) is 10.2. The van der Waals surface area contributed by atoms with Crippen LogP contribution in [-0.4, -0.2) is 20.0 Å². The highest BCUT2D eigenvalue weighted by atomic mass is 32.2. The Morgan fingerprint density at radius 1 is 1.35 bits per heavy atom. The number of hydrogen-bond acceptors (Lipinski definition) is 3. The van der Waals surface area contributed by atoms with E-state index in [0.717, 1.165) is 12.1 Å². The second-order valence-corrected chi connectivity index (χ2v) is 5.48. The fourth-order valence-electron chi connectivity index (χ4n) is 1.04. The Kier molecular flexibility index (Phi) is 4.49. The topological polar surface area (TPSA) is 72.2 Å². The van der Waals surface area contributed by atoms with E-state index in [0.29, 0.717) is 6.07 Å². The number of halogens is 2. The first-order chi connectivity index (χ1) is 7.83. The molecule has 0 saturated carbocycles. The molecule has 1 aromatic carbocycles. The van der Waals surface area contributed by atoms with Gasteiger partial charge in [0, 0.05) is 13.0 Å². The van der Waals surface area contributed by atoms with Crippen molar-refractivity contribution in [3.8, 4) is 0 Å². The Morgan fingerprint density at radius 2 is 2.00 bits per heavy atom. The van der Waals surface area contributed by atoms with E-state index in [9.17, 15) is 17.2 Å². The molecule has 0 unspecified atom stereocenters. The van der Waals surface area contributed by atoms with Gasteiger partial charge in [0.2, 0.25) is 10.0 Å². The molecule has 0 bridgehead atoms. The van der Waals surface area contributed by atoms with E-state index < -0.39 is 21.7 Å². The van der Waals surface area contributed by atoms with E-state index in [1.165, 1.54) is 0 Å². The molecule has 0 saturated heterocycles. The third-order valence-electron chi connectivity index (χ3n) is 1.86. The lowest BCUT2D eigenvalue weighted by Crippen LogP contribution is -2.27. The molecule has 0 aromatic heterocycles. The van der Waals surface area contributed by atoms with Gasteiger partial charge < -0.3 is 5.73 Å². The summed E-state index contributed by atoms with van der Waals surface area (Å²) in [5.74, 6) is -2.32. The summed E-state index contributed by atoms with van der Waals surface area (Å²) in [5, 5.41) is 0. The van der Waals surface area contributed by atoms with Crippen LogP contribution in [0.15, 0.2) is 23.1 Å². The molecule has 3 N–H and O–H groups in total. The number of nitrogens with one attached hydrogen (secondary N) is 1. The molecule has 8 heteroatoms. The van der Waals surface area contributed by atoms with Gasteiger partial charge in [0.1, 0.15) is 0 Å². The lowest BCUT2D eigenvalue weighted by molar-refractivity contribution is 0.504. The van der Waals surface area contributed by atoms with Crippen molar-refractivity contribution < 1.29 is 17.2 Å². The van der Waals surface area contributed by atoms with Crippen molar-refractivity contribution in [3.05, 3.63) is 29.8 Å². The molecular formula is C9H10F2N2O2S2. The van der Waals surface area contributed by atoms with E-state index in [1.807, 2.05) is 0 Å². The normalized spacial score (nSPS) is 11.4. The zero-order chi connectivity index (χ0) is 13.1. The molecule has 0 heterocycles. The molecule has 17 heavy (non-hydrogen) atoms. The summed E-state index contributed by atoms with van der Waals surface area (Å²) in [5.41, 5.74) is 5.19. The highest BCUT2D eigenvalue weighted by Gasteiger charge is 2.15. The van der Waals surface area contributed by atoms with Crippen molar-refractivity contribution in [2.75, 3.05) is 6.54 Å². The minimum Gasteiger partial charge on any atom is -0.393 e. The molecule has 0 spiro atoms. The highest BCUT2D eigenvalue weighted by molar-refractivity contribution is 7.89. The zero-order valence-electron chi connectivity index (χ0n) is 8.61. The maximum absolute atomic E-state index is 12.9. The van der Waals surface area contributed by atoms with Gasteiger partial charge in [-0.05, 0) is 18.2 Å². The van der Waals surface area contributed by atoms with Gasteiger partial charge in [-0.1, -0.05) is 12.2 Å². The van der Waals surface area contributed by atoms with Crippen LogP contribution >= 0.6 is 12.2 Å². The Bertz CT molecular complexity index is 532. The van der Waals surface area contributed by atoms with Crippen LogP contribution in [0.5, 0.6) is 0 Å². The molecule has 94 valence electrons. The minimum absolute atomic E-state index is 0.0106. The van der Waals surface area contributed by atoms with Crippen molar-refractivity contribution in [1.82, 2.24) is 4.72 Å². The average Bonchev–Trinajstić information content (AvgIpc) is 2.21. The van der Waals surface area contributed by atoms with E-state index in [-0.39, 0.29) is 22.8 Å². The van der Waals surface area contributed by atoms with E-state index in [2.05, 4.69) is 16.9 Å². The second-order valence-electron chi connectivity index (χ2n) is 3.19. The number of sulfonamides is 1. The molecule has 0 atom stereocenters. The molecule has 0 aliphatic carbocycles. The van der Waals surface area contributed by atoms with Crippen molar-refractivity contribution in [2.24, 2.45) is 5.73 Å². The van der Waals surface area contributed by atoms with Crippen LogP contribution in [0.4, 0.5) is 8.78 Å². The van der Waals surface area contributed by atoms with Crippen molar-refractivity contribution in [3.63, 3.8) is 0 Å². The molecule has 0 fully saturated rings. The van der Waals surface area contributed by atoms with E-state index in [1.54, 1.807) is 0 Å². The minimum atomic E-state index is -3.87. The highest BCUT2D eigenvalue weighted by Crippen LogP contribution is 2.13. The van der Waals surface area contributed by atoms with Crippen LogP contribution in [0, 0.1) is 11.6 Å². The largest absolute Gasteiger partial charge is 0.393 e. The van der Waals surface area contributed by atoms with Gasteiger partial charge in [0.25, 0.3) is 0 Å². The number of rotatable bonds is 5. The second kappa shape index (κ2) is 5.48. The van der Waals surface area contributed by atoms with Gasteiger partial charge in [-0.3, -0.25) is 0 Å². The smallest absolute Gasteiger partial charge is 0.240 e. The van der Waals surface area contributed by atoms with E-state index in [4.69, 9.17) is 5.73 Å². The molecule has 0 amide bonds. The Morgan fingerprint density at radius 3 is 2.53 bits per heavy atom. The molecule has 4 nitrogen and oxygen atoms in total. The maximum Gasteiger partial charge on any atom is 0.240 e. The summed E-state index contributed by atoms with van der Waals surface area (Å²) in [6, 6.07) is 2.33. The summed E-state index contributed by atoms with van der Waals surface area (Å²) >= 11 is 4.57. The van der Waals surface area contributed by atoms with Gasteiger partial charge in [0.05, 0.1) is 9.88 Å². The fraction of sp³-hybridized carbons (Fsp3) is 0.222. The van der Waals surface area contributed by atoms with Crippen LogP contribution in [-0.2, 0) is 10.0 Å². The summed E-state index contributed by atoms with van der Waals surface area (Å²) in [4.78, 5) is -0.183. The van der Waals surface area contributed by atoms with Gasteiger partial charge in [-0.15, -0.1) is 0 Å². The van der Waals surface area contributed by atoms with Crippen LogP contribution in [0.2, 0.25) is 0 Å². The van der Waals surface area contributed by atoms with Crippen LogP contribution in [0.1, 0.15) is 6.42 Å². The van der Waals surface area contributed by atoms with E-state index >= 15 is 0 Å². The average molecular weight is 280 g/mol. The van der Waals surface area contributed by atoms with Crippen LogP contribution < -0.4 is 10.5 Å². The standard InChI is InChI=1S/C9H10F2N2O2S2/c10-7-2-1-6(5-8(7)11)17(14,15)13-4-3-9(12)16/h1-2,5,13H,3-4H2,(H2,12,16). The predicted molar refractivity (Wildman–Crippen MR) is 62.9 cm³/mol. The third kappa shape index (κ3) is 3.99. The Hall–Kier alpha value is -1.12. The number of nitrogens with two attached hydrogens (primary N) is 1. The lowest BCUT2D eigenvalue weighted by Gasteiger charge is -2.06. The van der Waals surface area contributed by atoms with Crippen molar-refractivity contribution in [2.45, 2.75) is 11.3 Å². The van der Waals surface area contributed by atoms with Crippen molar-refractivity contribution >= 4 is 27.2 Å². The first kappa shape index (κ1) is 13.9. The molecule has 0 radical (unpaired) electrons. The van der Waals surface area contributed by atoms with Crippen molar-refractivity contribution in [1.29, 1.82) is 0 Å². The van der Waals surface area contributed by atoms with Crippen LogP contribution in [0.3, 0.4) is 0 Å². The summed E-state index contributed by atoms with van der Waals surface area (Å²) in [6.45, 7) is 0.0106. The van der Waals surface area contributed by atoms with Crippen LogP contribution in [0.25, 0.3) is 0 Å².